The standard InChI is InChI=1S/C45H58FN5O10.C5H10O2/c1-8-57-33-11-14-36-39(29-33)60-38-28-32(52)10-13-35(38)40(36)34-12-9-31(27-37(34)42(54)58-26-15-46)41(53)47-16-17-49-20-24-50(43(55)59-30(2)3)22-18-48(7)19-23-51(25-21-49)44(56)61-45(4,5)6;1-5(2,3)7-4-6/h9-14,27-30H,8,15-26H2,1-7H3,(H,47,53);4H,1-3H3. The SMILES string of the molecule is CC(C)(C)OC=O.CCOc1ccc2c(-c3ccc(C(=O)NCCN4CCN(C(=O)OC(C)C)CCN(C)CCN(C(=O)OC(C)(C)C)CC4)cc3C(=O)OCCF)c3ccc(=O)cc-3oc2c1. The lowest BCUT2D eigenvalue weighted by Gasteiger charge is -2.34. The molecule has 0 bridgehead atoms. The van der Waals surface area contributed by atoms with Gasteiger partial charge in [-0.1, -0.05) is 6.07 Å². The van der Waals surface area contributed by atoms with Crippen molar-refractivity contribution in [2.24, 2.45) is 0 Å². The van der Waals surface area contributed by atoms with Crippen LogP contribution in [0.3, 0.4) is 0 Å². The zero-order chi connectivity index (χ0) is 50.2. The van der Waals surface area contributed by atoms with E-state index in [1.54, 1.807) is 60.0 Å². The summed E-state index contributed by atoms with van der Waals surface area (Å²) in [4.78, 5) is 83.2. The molecule has 3 aliphatic rings. The van der Waals surface area contributed by atoms with Crippen molar-refractivity contribution >= 4 is 41.5 Å². The summed E-state index contributed by atoms with van der Waals surface area (Å²) < 4.78 is 46.2. The van der Waals surface area contributed by atoms with E-state index in [1.807, 2.05) is 55.5 Å². The van der Waals surface area contributed by atoms with Crippen LogP contribution in [0.25, 0.3) is 33.4 Å². The Kier molecular flexibility index (Phi) is 20.1. The molecule has 372 valence electrons. The van der Waals surface area contributed by atoms with Gasteiger partial charge in [0.25, 0.3) is 12.4 Å². The van der Waals surface area contributed by atoms with E-state index in [1.165, 1.54) is 18.2 Å². The first-order valence-electron chi connectivity index (χ1n) is 22.9. The number of alkyl halides is 1. The predicted octanol–water partition coefficient (Wildman–Crippen LogP) is 7.11. The summed E-state index contributed by atoms with van der Waals surface area (Å²) in [7, 11) is 1.94. The van der Waals surface area contributed by atoms with E-state index in [0.717, 1.165) is 0 Å². The van der Waals surface area contributed by atoms with Crippen LogP contribution in [0.2, 0.25) is 0 Å². The van der Waals surface area contributed by atoms with Gasteiger partial charge in [0.1, 0.15) is 41.6 Å². The van der Waals surface area contributed by atoms with Crippen LogP contribution in [0.5, 0.6) is 5.75 Å². The minimum atomic E-state index is -0.899. The number of fused-ring (bicyclic) bond motifs is 2. The van der Waals surface area contributed by atoms with Crippen LogP contribution in [-0.2, 0) is 23.7 Å². The third-order valence-electron chi connectivity index (χ3n) is 10.3. The van der Waals surface area contributed by atoms with Crippen LogP contribution in [0, 0.1) is 0 Å². The van der Waals surface area contributed by atoms with Crippen molar-refractivity contribution < 1.29 is 56.5 Å². The van der Waals surface area contributed by atoms with E-state index >= 15 is 0 Å². The van der Waals surface area contributed by atoms with Crippen LogP contribution in [0.15, 0.2) is 63.8 Å². The van der Waals surface area contributed by atoms with Crippen molar-refractivity contribution in [1.82, 2.24) is 24.9 Å². The molecule has 0 saturated carbocycles. The first-order valence-corrected chi connectivity index (χ1v) is 22.9. The highest BCUT2D eigenvalue weighted by molar-refractivity contribution is 6.09. The fourth-order valence-electron chi connectivity index (χ4n) is 7.00. The third-order valence-corrected chi connectivity index (χ3v) is 10.3. The molecule has 0 unspecified atom stereocenters. The van der Waals surface area contributed by atoms with Crippen LogP contribution in [-0.4, -0.2) is 160 Å². The van der Waals surface area contributed by atoms with Gasteiger partial charge in [0.15, 0.2) is 5.43 Å². The molecule has 0 aromatic heterocycles. The second-order valence-electron chi connectivity index (χ2n) is 18.4. The first-order chi connectivity index (χ1) is 32.1. The van der Waals surface area contributed by atoms with Crippen molar-refractivity contribution in [1.29, 1.82) is 0 Å². The lowest BCUT2D eigenvalue weighted by Crippen LogP contribution is -2.49. The average Bonchev–Trinajstić information content (AvgIpc) is 3.25. The molecule has 0 radical (unpaired) electrons. The quantitative estimate of drug-likeness (QED) is 0.0655. The van der Waals surface area contributed by atoms with E-state index in [4.69, 9.17) is 23.4 Å². The average molecular weight is 950 g/mol. The van der Waals surface area contributed by atoms with Gasteiger partial charge in [0, 0.05) is 99.7 Å². The maximum absolute atomic E-state index is 13.8. The molecular weight excluding hydrogens is 882 g/mol. The number of nitrogens with one attached hydrogen (secondary N) is 1. The number of amides is 3. The minimum absolute atomic E-state index is 0.0132. The van der Waals surface area contributed by atoms with Crippen molar-refractivity contribution in [3.63, 3.8) is 0 Å². The number of likely N-dealkylation sites (N-methyl/N-ethyl adjacent to an activating group) is 1. The van der Waals surface area contributed by atoms with Crippen molar-refractivity contribution in [3.05, 3.63) is 75.9 Å². The molecule has 3 amide bonds. The van der Waals surface area contributed by atoms with E-state index < -0.39 is 42.9 Å². The Bertz CT molecular complexity index is 2360. The number of ether oxygens (including phenoxy) is 5. The Morgan fingerprint density at radius 3 is 2.06 bits per heavy atom. The smallest absolute Gasteiger partial charge is 0.410 e. The molecule has 18 heteroatoms. The molecule has 1 N–H and O–H groups in total. The molecule has 1 fully saturated rings. The molecule has 2 heterocycles. The van der Waals surface area contributed by atoms with Gasteiger partial charge in [0.2, 0.25) is 0 Å². The zero-order valence-corrected chi connectivity index (χ0v) is 41.1. The first kappa shape index (κ1) is 54.3. The molecule has 2 aromatic carbocycles. The topological polar surface area (TPSA) is 187 Å². The number of halogens is 1. The van der Waals surface area contributed by atoms with E-state index in [9.17, 15) is 33.2 Å². The molecular formula is C50H68FN5O12. The lowest BCUT2D eigenvalue weighted by atomic mass is 9.89. The van der Waals surface area contributed by atoms with Crippen LogP contribution >= 0.6 is 0 Å². The van der Waals surface area contributed by atoms with Gasteiger partial charge in [0.05, 0.1) is 18.3 Å². The van der Waals surface area contributed by atoms with Crippen LogP contribution in [0.4, 0.5) is 14.0 Å². The van der Waals surface area contributed by atoms with Crippen molar-refractivity contribution in [2.45, 2.75) is 79.6 Å². The van der Waals surface area contributed by atoms with Gasteiger partial charge in [-0.15, -0.1) is 0 Å². The maximum atomic E-state index is 13.8. The highest BCUT2D eigenvalue weighted by atomic mass is 19.1. The summed E-state index contributed by atoms with van der Waals surface area (Å²) in [5, 5.41) is 3.54. The Morgan fingerprint density at radius 2 is 1.47 bits per heavy atom. The van der Waals surface area contributed by atoms with Crippen LogP contribution < -0.4 is 15.5 Å². The Labute approximate surface area is 398 Å². The van der Waals surface area contributed by atoms with Gasteiger partial charge >= 0.3 is 18.2 Å². The fraction of sp³-hybridized carbons (Fsp3) is 0.520. The minimum Gasteiger partial charge on any atom is -0.494 e. The lowest BCUT2D eigenvalue weighted by molar-refractivity contribution is -0.138. The summed E-state index contributed by atoms with van der Waals surface area (Å²) in [5.41, 5.74) is 0.762. The van der Waals surface area contributed by atoms with Gasteiger partial charge in [-0.05, 0) is 111 Å². The molecule has 1 aliphatic carbocycles. The largest absolute Gasteiger partial charge is 0.494 e. The predicted molar refractivity (Wildman–Crippen MR) is 256 cm³/mol. The summed E-state index contributed by atoms with van der Waals surface area (Å²) in [6.45, 7) is 19.9. The van der Waals surface area contributed by atoms with Crippen LogP contribution in [0.1, 0.15) is 83.0 Å². The Balaban J connectivity index is 0.00000133. The number of hydrogen-bond acceptors (Lipinski definition) is 14. The molecule has 17 nitrogen and oxygen atoms in total. The number of rotatable bonds is 12. The number of carbonyl (C=O) groups excluding carboxylic acids is 5. The monoisotopic (exact) mass is 949 g/mol. The van der Waals surface area contributed by atoms with E-state index in [-0.39, 0.29) is 40.6 Å². The summed E-state index contributed by atoms with van der Waals surface area (Å²) >= 11 is 0. The van der Waals surface area contributed by atoms with E-state index in [2.05, 4.69) is 19.9 Å². The van der Waals surface area contributed by atoms with Gasteiger partial charge in [-0.2, -0.15) is 0 Å². The summed E-state index contributed by atoms with van der Waals surface area (Å²) in [5.74, 6) is -0.493. The number of benzene rings is 3. The normalized spacial score (nSPS) is 14.5. The molecule has 0 spiro atoms. The molecule has 2 aromatic rings. The number of hydrogen-bond donors (Lipinski definition) is 1. The van der Waals surface area contributed by atoms with Gasteiger partial charge in [-0.3, -0.25) is 19.3 Å². The molecule has 1 saturated heterocycles. The van der Waals surface area contributed by atoms with Gasteiger partial charge < -0.3 is 48.1 Å². The second kappa shape index (κ2) is 25.2. The molecule has 5 rings (SSSR count). The molecule has 2 aliphatic heterocycles. The van der Waals surface area contributed by atoms with Crippen molar-refractivity contribution in [3.8, 4) is 28.2 Å². The highest BCUT2D eigenvalue weighted by Gasteiger charge is 2.27. The highest BCUT2D eigenvalue weighted by Crippen LogP contribution is 2.42. The maximum Gasteiger partial charge on any atom is 0.410 e. The van der Waals surface area contributed by atoms with E-state index in [0.29, 0.717) is 105 Å². The fourth-order valence-corrected chi connectivity index (χ4v) is 7.00. The number of esters is 1. The second-order valence-corrected chi connectivity index (χ2v) is 18.4. The summed E-state index contributed by atoms with van der Waals surface area (Å²) in [6.07, 6.45) is -1.12. The van der Waals surface area contributed by atoms with Crippen molar-refractivity contribution in [2.75, 3.05) is 92.4 Å². The number of nitrogens with zero attached hydrogens (tertiary/aromatic N) is 4. The molecule has 68 heavy (non-hydrogen) atoms. The Morgan fingerprint density at radius 1 is 0.824 bits per heavy atom. The third kappa shape index (κ3) is 16.8. The molecule has 0 atom stereocenters. The number of carbonyl (C=O) groups is 5. The Hall–Kier alpha value is -6.27. The zero-order valence-electron chi connectivity index (χ0n) is 41.1. The summed E-state index contributed by atoms with van der Waals surface area (Å²) in [6, 6.07) is 14.2. The van der Waals surface area contributed by atoms with Gasteiger partial charge in [-0.25, -0.2) is 18.8 Å².